The van der Waals surface area contributed by atoms with Crippen LogP contribution < -0.4 is 20.3 Å². The largest absolute Gasteiger partial charge is 0.461 e. The molecule has 10 nitrogen and oxygen atoms in total. The molecule has 178 valence electrons. The van der Waals surface area contributed by atoms with E-state index in [1.807, 2.05) is 13.8 Å². The number of carbonyl (C=O) groups is 1. The monoisotopic (exact) mass is 439 g/mol. The van der Waals surface area contributed by atoms with E-state index < -0.39 is 5.91 Å². The first-order chi connectivity index (χ1) is 14.9. The molecule has 1 aromatic heterocycles. The van der Waals surface area contributed by atoms with E-state index in [1.165, 1.54) is 0 Å². The normalized spacial score (nSPS) is 15.1. The molecule has 2 rings (SSSR count). The van der Waals surface area contributed by atoms with Crippen molar-refractivity contribution >= 4 is 17.8 Å². The van der Waals surface area contributed by atoms with Gasteiger partial charge in [0.15, 0.2) is 0 Å². The zero-order chi connectivity index (χ0) is 23.2. The van der Waals surface area contributed by atoms with Crippen molar-refractivity contribution in [3.8, 4) is 6.01 Å². The van der Waals surface area contributed by atoms with E-state index in [9.17, 15) is 4.79 Å². The van der Waals surface area contributed by atoms with Crippen molar-refractivity contribution in [2.45, 2.75) is 40.5 Å². The maximum absolute atomic E-state index is 11.3. The number of carbonyl (C=O) groups excluding carboxylic acids is 1. The molecule has 1 amide bonds. The average Bonchev–Trinajstić information content (AvgIpc) is 2.77. The second-order valence-electron chi connectivity index (χ2n) is 7.59. The van der Waals surface area contributed by atoms with Crippen LogP contribution in [0.3, 0.4) is 0 Å². The van der Waals surface area contributed by atoms with E-state index in [-0.39, 0.29) is 12.6 Å². The van der Waals surface area contributed by atoms with Crippen molar-refractivity contribution in [2.75, 3.05) is 76.4 Å². The van der Waals surface area contributed by atoms with E-state index in [0.717, 1.165) is 39.0 Å². The van der Waals surface area contributed by atoms with Crippen LogP contribution in [0.15, 0.2) is 0 Å². The lowest BCUT2D eigenvalue weighted by Gasteiger charge is -2.32. The minimum atomic E-state index is -0.453. The van der Waals surface area contributed by atoms with E-state index in [4.69, 9.17) is 15.2 Å². The Morgan fingerprint density at radius 3 is 2.42 bits per heavy atom. The number of amides is 1. The number of hydrogen-bond donors (Lipinski definition) is 1. The predicted octanol–water partition coefficient (Wildman–Crippen LogP) is 1.40. The summed E-state index contributed by atoms with van der Waals surface area (Å²) in [5.74, 6) is 1.12. The third kappa shape index (κ3) is 10.1. The van der Waals surface area contributed by atoms with Gasteiger partial charge in [-0.05, 0) is 19.4 Å². The molecule has 31 heavy (non-hydrogen) atoms. The van der Waals surface area contributed by atoms with E-state index in [2.05, 4.69) is 45.6 Å². The Hall–Kier alpha value is -2.20. The molecule has 1 fully saturated rings. The molecule has 1 unspecified atom stereocenters. The van der Waals surface area contributed by atoms with Gasteiger partial charge in [-0.25, -0.2) is 0 Å². The molecule has 1 aliphatic heterocycles. The van der Waals surface area contributed by atoms with Gasteiger partial charge in [-0.1, -0.05) is 34.1 Å². The molecule has 0 aliphatic carbocycles. The SMILES string of the molecule is CC.CCC(C)CCOCCOc1nc(N(C)CC(N)=O)nc(N2CCN(C)CC2)n1. The fraction of sp³-hybridized carbons (Fsp3) is 0.810. The second-order valence-corrected chi connectivity index (χ2v) is 7.59. The summed E-state index contributed by atoms with van der Waals surface area (Å²) in [6.07, 6.45) is 2.19. The first-order valence-electron chi connectivity index (χ1n) is 11.3. The van der Waals surface area contributed by atoms with Gasteiger partial charge in [0.25, 0.3) is 0 Å². The molecular formula is C21H41N7O3. The van der Waals surface area contributed by atoms with Gasteiger partial charge < -0.3 is 29.9 Å². The lowest BCUT2D eigenvalue weighted by atomic mass is 10.1. The molecule has 0 spiro atoms. The Labute approximate surface area is 187 Å². The van der Waals surface area contributed by atoms with Crippen molar-refractivity contribution in [1.82, 2.24) is 19.9 Å². The molecule has 1 aliphatic rings. The summed E-state index contributed by atoms with van der Waals surface area (Å²) in [5.41, 5.74) is 5.31. The zero-order valence-electron chi connectivity index (χ0n) is 20.1. The van der Waals surface area contributed by atoms with Crippen molar-refractivity contribution in [2.24, 2.45) is 11.7 Å². The van der Waals surface area contributed by atoms with E-state index in [1.54, 1.807) is 11.9 Å². The van der Waals surface area contributed by atoms with Crippen LogP contribution in [0.1, 0.15) is 40.5 Å². The minimum Gasteiger partial charge on any atom is -0.461 e. The van der Waals surface area contributed by atoms with Crippen LogP contribution >= 0.6 is 0 Å². The van der Waals surface area contributed by atoms with Gasteiger partial charge in [-0.3, -0.25) is 4.79 Å². The summed E-state index contributed by atoms with van der Waals surface area (Å²) >= 11 is 0. The van der Waals surface area contributed by atoms with Gasteiger partial charge >= 0.3 is 6.01 Å². The topological polar surface area (TPSA) is 110 Å². The zero-order valence-corrected chi connectivity index (χ0v) is 20.1. The maximum atomic E-state index is 11.3. The lowest BCUT2D eigenvalue weighted by molar-refractivity contribution is -0.116. The summed E-state index contributed by atoms with van der Waals surface area (Å²) in [7, 11) is 3.81. The number of anilines is 2. The first kappa shape index (κ1) is 26.8. The molecule has 0 saturated carbocycles. The number of rotatable bonds is 12. The first-order valence-corrected chi connectivity index (χ1v) is 11.3. The van der Waals surface area contributed by atoms with Gasteiger partial charge in [-0.15, -0.1) is 0 Å². The summed E-state index contributed by atoms with van der Waals surface area (Å²) in [6, 6.07) is 0.228. The van der Waals surface area contributed by atoms with Crippen LogP contribution in [0.2, 0.25) is 0 Å². The highest BCUT2D eigenvalue weighted by Gasteiger charge is 2.20. The van der Waals surface area contributed by atoms with Crippen LogP contribution in [-0.2, 0) is 9.53 Å². The molecule has 1 saturated heterocycles. The summed E-state index contributed by atoms with van der Waals surface area (Å²) in [4.78, 5) is 30.5. The number of nitrogens with zero attached hydrogens (tertiary/aromatic N) is 6. The Balaban J connectivity index is 0.00000233. The number of ether oxygens (including phenoxy) is 2. The van der Waals surface area contributed by atoms with E-state index in [0.29, 0.717) is 37.6 Å². The maximum Gasteiger partial charge on any atom is 0.323 e. The number of likely N-dealkylation sites (N-methyl/N-ethyl adjacent to an activating group) is 2. The van der Waals surface area contributed by atoms with Gasteiger partial charge in [-0.2, -0.15) is 15.0 Å². The third-order valence-electron chi connectivity index (χ3n) is 5.02. The summed E-state index contributed by atoms with van der Waals surface area (Å²) < 4.78 is 11.4. The summed E-state index contributed by atoms with van der Waals surface area (Å²) in [5, 5.41) is 0. The van der Waals surface area contributed by atoms with Crippen LogP contribution in [0.25, 0.3) is 0 Å². The quantitative estimate of drug-likeness (QED) is 0.483. The molecule has 0 aromatic carbocycles. The molecule has 1 aromatic rings. The van der Waals surface area contributed by atoms with Gasteiger partial charge in [0.05, 0.1) is 13.2 Å². The highest BCUT2D eigenvalue weighted by atomic mass is 16.5. The number of nitrogens with two attached hydrogens (primary N) is 1. The molecule has 1 atom stereocenters. The van der Waals surface area contributed by atoms with Crippen molar-refractivity contribution in [3.05, 3.63) is 0 Å². The van der Waals surface area contributed by atoms with Crippen molar-refractivity contribution in [1.29, 1.82) is 0 Å². The fourth-order valence-electron chi connectivity index (χ4n) is 2.81. The Bertz CT molecular complexity index is 639. The highest BCUT2D eigenvalue weighted by molar-refractivity contribution is 5.78. The minimum absolute atomic E-state index is 0.0182. The molecule has 0 bridgehead atoms. The van der Waals surface area contributed by atoms with Crippen LogP contribution in [0, 0.1) is 5.92 Å². The number of primary amides is 1. The number of piperazine rings is 1. The molecule has 10 heteroatoms. The Morgan fingerprint density at radius 2 is 1.81 bits per heavy atom. The molecule has 2 heterocycles. The highest BCUT2D eigenvalue weighted by Crippen LogP contribution is 2.18. The standard InChI is InChI=1S/C19H35N7O3.C2H6/c1-5-15(2)6-11-28-12-13-29-19-22-17(25(4)14-16(20)27)21-18(23-19)26-9-7-24(3)8-10-26;1-2/h15H,5-14H2,1-4H3,(H2,20,27);1-2H3. The van der Waals surface area contributed by atoms with Crippen LogP contribution in [-0.4, -0.2) is 92.4 Å². The molecule has 0 radical (unpaired) electrons. The fourth-order valence-corrected chi connectivity index (χ4v) is 2.81. The van der Waals surface area contributed by atoms with Crippen molar-refractivity contribution < 1.29 is 14.3 Å². The Morgan fingerprint density at radius 1 is 1.13 bits per heavy atom. The third-order valence-corrected chi connectivity index (χ3v) is 5.02. The molecule has 2 N–H and O–H groups in total. The van der Waals surface area contributed by atoms with Crippen LogP contribution in [0.5, 0.6) is 6.01 Å². The van der Waals surface area contributed by atoms with Crippen LogP contribution in [0.4, 0.5) is 11.9 Å². The van der Waals surface area contributed by atoms with Gasteiger partial charge in [0, 0.05) is 39.8 Å². The molecular weight excluding hydrogens is 398 g/mol. The lowest BCUT2D eigenvalue weighted by Crippen LogP contribution is -2.45. The summed E-state index contributed by atoms with van der Waals surface area (Å²) in [6.45, 7) is 13.4. The predicted molar refractivity (Wildman–Crippen MR) is 124 cm³/mol. The van der Waals surface area contributed by atoms with Crippen molar-refractivity contribution in [3.63, 3.8) is 0 Å². The second kappa shape index (κ2) is 14.7. The smallest absolute Gasteiger partial charge is 0.323 e. The average molecular weight is 440 g/mol. The van der Waals surface area contributed by atoms with E-state index >= 15 is 0 Å². The number of hydrogen-bond acceptors (Lipinski definition) is 9. The Kier molecular flexibility index (Phi) is 12.8. The number of aromatic nitrogens is 3. The van der Waals surface area contributed by atoms with Gasteiger partial charge in [0.1, 0.15) is 6.61 Å². The van der Waals surface area contributed by atoms with Gasteiger partial charge in [0.2, 0.25) is 17.8 Å².